The number of carbonyl (C=O) groups is 1. The summed E-state index contributed by atoms with van der Waals surface area (Å²) >= 11 is 0. The molecule has 1 amide bonds. The van der Waals surface area contributed by atoms with Gasteiger partial charge in [0.25, 0.3) is 0 Å². The Morgan fingerprint density at radius 2 is 2.19 bits per heavy atom. The van der Waals surface area contributed by atoms with Crippen LogP contribution in [0.15, 0.2) is 12.3 Å². The molecule has 0 saturated carbocycles. The summed E-state index contributed by atoms with van der Waals surface area (Å²) in [4.78, 5) is 18.3. The third-order valence-corrected chi connectivity index (χ3v) is 4.13. The largest absolute Gasteiger partial charge is 0.489 e. The average molecular weight is 358 g/mol. The van der Waals surface area contributed by atoms with Gasteiger partial charge in [-0.2, -0.15) is 0 Å². The van der Waals surface area contributed by atoms with Crippen molar-refractivity contribution in [1.29, 1.82) is 0 Å². The number of pyridine rings is 1. The van der Waals surface area contributed by atoms with Crippen molar-refractivity contribution >= 4 is 6.09 Å². The maximum absolute atomic E-state index is 12.2. The highest BCUT2D eigenvalue weighted by Gasteiger charge is 2.35. The standard InChI is InChI=1S/C21H30N2O3/c1-6-7-8-9-10-17-13-19(16(2)22-14-17)25-15-18-11-12-23(18)20(24)26-21(3,4)5/h13-14,18H,6-8,11-12,15H2,1-5H3/t18-/m1/s1. The van der Waals surface area contributed by atoms with Crippen molar-refractivity contribution in [2.24, 2.45) is 0 Å². The number of nitrogens with zero attached hydrogens (tertiary/aromatic N) is 2. The minimum absolute atomic E-state index is 0.0449. The topological polar surface area (TPSA) is 51.7 Å². The zero-order chi connectivity index (χ0) is 19.2. The number of likely N-dealkylation sites (tertiary alicyclic amines) is 1. The molecule has 0 radical (unpaired) electrons. The summed E-state index contributed by atoms with van der Waals surface area (Å²) in [7, 11) is 0. The maximum Gasteiger partial charge on any atom is 0.410 e. The molecule has 1 atom stereocenters. The predicted octanol–water partition coefficient (Wildman–Crippen LogP) is 4.32. The second kappa shape index (κ2) is 8.93. The number of hydrogen-bond donors (Lipinski definition) is 0. The van der Waals surface area contributed by atoms with E-state index in [-0.39, 0.29) is 12.1 Å². The van der Waals surface area contributed by atoms with Gasteiger partial charge in [0.2, 0.25) is 0 Å². The molecular formula is C21H30N2O3. The van der Waals surface area contributed by atoms with Crippen molar-refractivity contribution in [1.82, 2.24) is 9.88 Å². The Morgan fingerprint density at radius 1 is 1.42 bits per heavy atom. The lowest BCUT2D eigenvalue weighted by atomic mass is 10.1. The summed E-state index contributed by atoms with van der Waals surface area (Å²) in [5.41, 5.74) is 1.20. The Balaban J connectivity index is 1.92. The highest BCUT2D eigenvalue weighted by atomic mass is 16.6. The molecule has 2 heterocycles. The zero-order valence-electron chi connectivity index (χ0n) is 16.6. The molecule has 0 N–H and O–H groups in total. The van der Waals surface area contributed by atoms with Crippen molar-refractivity contribution in [2.45, 2.75) is 71.9 Å². The van der Waals surface area contributed by atoms with E-state index in [0.717, 1.165) is 42.7 Å². The van der Waals surface area contributed by atoms with E-state index in [4.69, 9.17) is 9.47 Å². The van der Waals surface area contributed by atoms with Gasteiger partial charge in [-0.05, 0) is 46.6 Å². The van der Waals surface area contributed by atoms with Gasteiger partial charge in [0.1, 0.15) is 18.0 Å². The van der Waals surface area contributed by atoms with Crippen molar-refractivity contribution in [2.75, 3.05) is 13.2 Å². The van der Waals surface area contributed by atoms with Crippen LogP contribution in [-0.4, -0.2) is 40.8 Å². The molecule has 5 heteroatoms. The second-order valence-corrected chi connectivity index (χ2v) is 7.64. The highest BCUT2D eigenvalue weighted by molar-refractivity contribution is 5.69. The zero-order valence-corrected chi connectivity index (χ0v) is 16.6. The minimum atomic E-state index is -0.483. The lowest BCUT2D eigenvalue weighted by molar-refractivity contribution is -0.0142. The molecule has 142 valence electrons. The van der Waals surface area contributed by atoms with Crippen LogP contribution in [0.1, 0.15) is 64.6 Å². The maximum atomic E-state index is 12.2. The smallest absolute Gasteiger partial charge is 0.410 e. The minimum Gasteiger partial charge on any atom is -0.489 e. The first-order valence-electron chi connectivity index (χ1n) is 9.38. The van der Waals surface area contributed by atoms with Crippen LogP contribution in [-0.2, 0) is 4.74 Å². The number of carbonyl (C=O) groups excluding carboxylic acids is 1. The molecule has 2 rings (SSSR count). The van der Waals surface area contributed by atoms with Gasteiger partial charge in [-0.1, -0.05) is 25.2 Å². The molecule has 1 aliphatic rings. The first kappa shape index (κ1) is 20.1. The number of rotatable bonds is 5. The van der Waals surface area contributed by atoms with Gasteiger partial charge in [0.05, 0.1) is 11.7 Å². The van der Waals surface area contributed by atoms with Crippen LogP contribution < -0.4 is 4.74 Å². The van der Waals surface area contributed by atoms with Crippen molar-refractivity contribution in [3.8, 4) is 17.6 Å². The van der Waals surface area contributed by atoms with Gasteiger partial charge in [-0.25, -0.2) is 4.79 Å². The first-order valence-corrected chi connectivity index (χ1v) is 9.38. The number of unbranched alkanes of at least 4 members (excludes halogenated alkanes) is 2. The van der Waals surface area contributed by atoms with Gasteiger partial charge in [-0.15, -0.1) is 0 Å². The molecule has 1 saturated heterocycles. The SMILES string of the molecule is CCCCC#Cc1cnc(C)c(OC[C@H]2CCN2C(=O)OC(C)(C)C)c1. The van der Waals surface area contributed by atoms with Gasteiger partial charge >= 0.3 is 6.09 Å². The van der Waals surface area contributed by atoms with Crippen molar-refractivity contribution in [3.63, 3.8) is 0 Å². The number of hydrogen-bond acceptors (Lipinski definition) is 4. The molecule has 0 unspecified atom stereocenters. The summed E-state index contributed by atoms with van der Waals surface area (Å²) in [6.45, 7) is 10.8. The van der Waals surface area contributed by atoms with Crippen molar-refractivity contribution < 1.29 is 14.3 Å². The second-order valence-electron chi connectivity index (χ2n) is 7.64. The summed E-state index contributed by atoms with van der Waals surface area (Å²) in [6.07, 6.45) is 5.57. The van der Waals surface area contributed by atoms with Crippen LogP contribution in [0.4, 0.5) is 4.79 Å². The third kappa shape index (κ3) is 5.94. The van der Waals surface area contributed by atoms with Crippen LogP contribution in [0.2, 0.25) is 0 Å². The average Bonchev–Trinajstić information content (AvgIpc) is 2.51. The van der Waals surface area contributed by atoms with Gasteiger partial charge < -0.3 is 14.4 Å². The molecule has 26 heavy (non-hydrogen) atoms. The monoisotopic (exact) mass is 358 g/mol. The van der Waals surface area contributed by atoms with Crippen LogP contribution >= 0.6 is 0 Å². The van der Waals surface area contributed by atoms with Crippen LogP contribution in [0.25, 0.3) is 0 Å². The van der Waals surface area contributed by atoms with E-state index in [1.807, 2.05) is 33.8 Å². The molecule has 0 aromatic carbocycles. The van der Waals surface area contributed by atoms with E-state index < -0.39 is 5.60 Å². The fraction of sp³-hybridized carbons (Fsp3) is 0.619. The van der Waals surface area contributed by atoms with Gasteiger partial charge in [-0.3, -0.25) is 4.98 Å². The lowest BCUT2D eigenvalue weighted by Crippen LogP contribution is -2.55. The molecule has 1 aromatic rings. The Morgan fingerprint density at radius 3 is 2.81 bits per heavy atom. The summed E-state index contributed by atoms with van der Waals surface area (Å²) in [6, 6.07) is 1.97. The number of aryl methyl sites for hydroxylation is 1. The molecule has 0 spiro atoms. The van der Waals surface area contributed by atoms with E-state index in [9.17, 15) is 4.79 Å². The Bertz CT molecular complexity index is 683. The van der Waals surface area contributed by atoms with Gasteiger partial charge in [0.15, 0.2) is 0 Å². The molecule has 1 aliphatic heterocycles. The normalized spacial score (nSPS) is 16.3. The summed E-state index contributed by atoms with van der Waals surface area (Å²) < 4.78 is 11.4. The molecular weight excluding hydrogens is 328 g/mol. The molecule has 0 bridgehead atoms. The highest BCUT2D eigenvalue weighted by Crippen LogP contribution is 2.24. The van der Waals surface area contributed by atoms with E-state index in [1.54, 1.807) is 11.1 Å². The molecule has 1 fully saturated rings. The quantitative estimate of drug-likeness (QED) is 0.581. The van der Waals surface area contributed by atoms with Crippen LogP contribution in [0.3, 0.4) is 0 Å². The van der Waals surface area contributed by atoms with Gasteiger partial charge in [0, 0.05) is 24.7 Å². The lowest BCUT2D eigenvalue weighted by Gasteiger charge is -2.41. The number of aromatic nitrogens is 1. The summed E-state index contributed by atoms with van der Waals surface area (Å²) in [5.74, 6) is 7.03. The molecule has 0 aliphatic carbocycles. The van der Waals surface area contributed by atoms with E-state index >= 15 is 0 Å². The number of ether oxygens (including phenoxy) is 2. The van der Waals surface area contributed by atoms with Crippen LogP contribution in [0.5, 0.6) is 5.75 Å². The molecule has 5 nitrogen and oxygen atoms in total. The van der Waals surface area contributed by atoms with E-state index in [2.05, 4.69) is 23.7 Å². The molecule has 1 aromatic heterocycles. The first-order chi connectivity index (χ1) is 12.3. The summed E-state index contributed by atoms with van der Waals surface area (Å²) in [5, 5.41) is 0. The number of amides is 1. The van der Waals surface area contributed by atoms with Crippen molar-refractivity contribution in [3.05, 3.63) is 23.5 Å². The third-order valence-electron chi connectivity index (χ3n) is 4.13. The Hall–Kier alpha value is -2.22. The van der Waals surface area contributed by atoms with E-state index in [1.165, 1.54) is 0 Å². The van der Waals surface area contributed by atoms with Crippen LogP contribution in [0, 0.1) is 18.8 Å². The Kier molecular flexibility index (Phi) is 6.90. The predicted molar refractivity (Wildman–Crippen MR) is 102 cm³/mol. The fourth-order valence-electron chi connectivity index (χ4n) is 2.52. The Labute approximate surface area is 157 Å². The van der Waals surface area contributed by atoms with E-state index in [0.29, 0.717) is 13.2 Å². The fourth-order valence-corrected chi connectivity index (χ4v) is 2.52.